The minimum Gasteiger partial charge on any atom is -0.305 e. The first-order valence-corrected chi connectivity index (χ1v) is 7.57. The smallest absolute Gasteiger partial charge is 0.114 e. The van der Waals surface area contributed by atoms with Crippen LogP contribution in [0.5, 0.6) is 0 Å². The molecule has 0 saturated heterocycles. The van der Waals surface area contributed by atoms with Crippen molar-refractivity contribution in [2.75, 3.05) is 6.54 Å². The summed E-state index contributed by atoms with van der Waals surface area (Å²) in [6.07, 6.45) is 5.18. The van der Waals surface area contributed by atoms with E-state index in [1.807, 2.05) is 11.3 Å². The van der Waals surface area contributed by atoms with Crippen LogP contribution in [0.3, 0.4) is 0 Å². The molecular weight excluding hydrogens is 228 g/mol. The second-order valence-corrected chi connectivity index (χ2v) is 6.68. The van der Waals surface area contributed by atoms with Gasteiger partial charge in [-0.25, -0.2) is 4.98 Å². The highest BCUT2D eigenvalue weighted by Gasteiger charge is 2.49. The van der Waals surface area contributed by atoms with Crippen LogP contribution in [0, 0.1) is 12.3 Å². The minimum atomic E-state index is 0.0962. The second kappa shape index (κ2) is 4.69. The Balaban J connectivity index is 2.43. The lowest BCUT2D eigenvalue weighted by atomic mass is 9.63. The van der Waals surface area contributed by atoms with Crippen LogP contribution in [0.4, 0.5) is 0 Å². The molecule has 17 heavy (non-hydrogen) atoms. The van der Waals surface area contributed by atoms with Gasteiger partial charge in [-0.05, 0) is 31.7 Å². The van der Waals surface area contributed by atoms with E-state index in [1.54, 1.807) is 0 Å². The molecule has 1 saturated carbocycles. The van der Waals surface area contributed by atoms with E-state index >= 15 is 0 Å². The third-order valence-electron chi connectivity index (χ3n) is 4.22. The van der Waals surface area contributed by atoms with Gasteiger partial charge in [-0.2, -0.15) is 0 Å². The predicted molar refractivity (Wildman–Crippen MR) is 74.5 cm³/mol. The van der Waals surface area contributed by atoms with Gasteiger partial charge in [-0.1, -0.05) is 33.6 Å². The molecular formula is C14H24N2S. The zero-order chi connectivity index (χ0) is 12.5. The van der Waals surface area contributed by atoms with Crippen LogP contribution >= 0.6 is 11.3 Å². The average Bonchev–Trinajstić information content (AvgIpc) is 2.68. The van der Waals surface area contributed by atoms with Crippen LogP contribution in [-0.4, -0.2) is 11.5 Å². The lowest BCUT2D eigenvalue weighted by Crippen LogP contribution is -2.55. The van der Waals surface area contributed by atoms with Gasteiger partial charge in [-0.15, -0.1) is 11.3 Å². The van der Waals surface area contributed by atoms with Crippen molar-refractivity contribution in [3.05, 3.63) is 16.1 Å². The summed E-state index contributed by atoms with van der Waals surface area (Å²) < 4.78 is 0. The molecule has 1 aromatic heterocycles. The lowest BCUT2D eigenvalue weighted by molar-refractivity contribution is 0.0607. The number of rotatable bonds is 3. The molecule has 1 heterocycles. The van der Waals surface area contributed by atoms with Gasteiger partial charge in [0.1, 0.15) is 5.01 Å². The molecule has 0 amide bonds. The van der Waals surface area contributed by atoms with Crippen molar-refractivity contribution >= 4 is 11.3 Å². The molecule has 0 bridgehead atoms. The van der Waals surface area contributed by atoms with Crippen molar-refractivity contribution in [3.63, 3.8) is 0 Å². The summed E-state index contributed by atoms with van der Waals surface area (Å²) >= 11 is 1.82. The molecule has 1 atom stereocenters. The Morgan fingerprint density at radius 3 is 2.59 bits per heavy atom. The van der Waals surface area contributed by atoms with Crippen LogP contribution in [0.25, 0.3) is 0 Å². The summed E-state index contributed by atoms with van der Waals surface area (Å²) in [6.45, 7) is 10.1. The molecule has 1 aromatic rings. The summed E-state index contributed by atoms with van der Waals surface area (Å²) in [6, 6.07) is 0. The first-order valence-electron chi connectivity index (χ1n) is 6.69. The van der Waals surface area contributed by atoms with Crippen molar-refractivity contribution in [2.24, 2.45) is 5.41 Å². The van der Waals surface area contributed by atoms with Gasteiger partial charge >= 0.3 is 0 Å². The van der Waals surface area contributed by atoms with Gasteiger partial charge in [0, 0.05) is 11.1 Å². The Morgan fingerprint density at radius 1 is 1.35 bits per heavy atom. The van der Waals surface area contributed by atoms with E-state index in [4.69, 9.17) is 4.98 Å². The van der Waals surface area contributed by atoms with Crippen molar-refractivity contribution in [1.29, 1.82) is 0 Å². The fourth-order valence-corrected chi connectivity index (χ4v) is 4.34. The van der Waals surface area contributed by atoms with E-state index in [0.717, 1.165) is 12.2 Å². The van der Waals surface area contributed by atoms with Gasteiger partial charge < -0.3 is 5.32 Å². The highest BCUT2D eigenvalue weighted by atomic mass is 32.1. The molecule has 1 aliphatic rings. The maximum absolute atomic E-state index is 4.78. The predicted octanol–water partition coefficient (Wildman–Crippen LogP) is 3.86. The fourth-order valence-electron chi connectivity index (χ4n) is 3.16. The van der Waals surface area contributed by atoms with Crippen LogP contribution < -0.4 is 5.32 Å². The number of hydrogen-bond acceptors (Lipinski definition) is 3. The van der Waals surface area contributed by atoms with Crippen LogP contribution in [0.1, 0.15) is 57.2 Å². The molecule has 2 rings (SSSR count). The van der Waals surface area contributed by atoms with Gasteiger partial charge in [0.2, 0.25) is 0 Å². The van der Waals surface area contributed by atoms with Gasteiger partial charge in [-0.3, -0.25) is 0 Å². The molecule has 0 aliphatic heterocycles. The summed E-state index contributed by atoms with van der Waals surface area (Å²) in [5.41, 5.74) is 1.55. The minimum absolute atomic E-state index is 0.0962. The van der Waals surface area contributed by atoms with E-state index in [0.29, 0.717) is 5.41 Å². The topological polar surface area (TPSA) is 24.9 Å². The largest absolute Gasteiger partial charge is 0.305 e. The second-order valence-electron chi connectivity index (χ2n) is 5.82. The van der Waals surface area contributed by atoms with Gasteiger partial charge in [0.05, 0.1) is 5.54 Å². The molecule has 1 unspecified atom stereocenters. The Morgan fingerprint density at radius 2 is 2.06 bits per heavy atom. The Hall–Kier alpha value is -0.410. The number of nitrogens with zero attached hydrogens (tertiary/aromatic N) is 1. The molecule has 3 heteroatoms. The first-order chi connectivity index (χ1) is 8.02. The number of aryl methyl sites for hydroxylation is 1. The third-order valence-corrected chi connectivity index (χ3v) is 5.34. The SMILES string of the molecule is CCNC1(c2nc(C)cs2)CCCCC1(C)C. The summed E-state index contributed by atoms with van der Waals surface area (Å²) in [4.78, 5) is 4.78. The van der Waals surface area contributed by atoms with E-state index < -0.39 is 0 Å². The van der Waals surface area contributed by atoms with Crippen LogP contribution in [-0.2, 0) is 5.54 Å². The fraction of sp³-hybridized carbons (Fsp3) is 0.786. The van der Waals surface area contributed by atoms with Gasteiger partial charge in [0.25, 0.3) is 0 Å². The normalized spacial score (nSPS) is 28.2. The highest BCUT2D eigenvalue weighted by Crippen LogP contribution is 2.50. The maximum atomic E-state index is 4.78. The zero-order valence-corrected chi connectivity index (χ0v) is 12.3. The molecule has 1 fully saturated rings. The lowest BCUT2D eigenvalue weighted by Gasteiger charge is -2.49. The zero-order valence-electron chi connectivity index (χ0n) is 11.5. The van der Waals surface area contributed by atoms with Crippen molar-refractivity contribution in [2.45, 2.75) is 58.9 Å². The van der Waals surface area contributed by atoms with Crippen LogP contribution in [0.15, 0.2) is 5.38 Å². The van der Waals surface area contributed by atoms with Crippen LogP contribution in [0.2, 0.25) is 0 Å². The Labute approximate surface area is 109 Å². The van der Waals surface area contributed by atoms with E-state index in [1.165, 1.54) is 30.7 Å². The van der Waals surface area contributed by atoms with E-state index in [9.17, 15) is 0 Å². The summed E-state index contributed by atoms with van der Waals surface area (Å²) in [7, 11) is 0. The average molecular weight is 252 g/mol. The molecule has 1 N–H and O–H groups in total. The van der Waals surface area contributed by atoms with Crippen molar-refractivity contribution in [1.82, 2.24) is 10.3 Å². The molecule has 0 spiro atoms. The number of nitrogens with one attached hydrogen (secondary N) is 1. The summed E-state index contributed by atoms with van der Waals surface area (Å²) in [5, 5.41) is 7.24. The molecule has 96 valence electrons. The number of hydrogen-bond donors (Lipinski definition) is 1. The number of thiazole rings is 1. The molecule has 1 aliphatic carbocycles. The van der Waals surface area contributed by atoms with Crippen molar-refractivity contribution in [3.8, 4) is 0 Å². The maximum Gasteiger partial charge on any atom is 0.114 e. The standard InChI is InChI=1S/C14H24N2S/c1-5-15-14(12-16-11(2)10-17-12)9-7-6-8-13(14,3)4/h10,15H,5-9H2,1-4H3. The van der Waals surface area contributed by atoms with Crippen molar-refractivity contribution < 1.29 is 0 Å². The Bertz CT molecular complexity index is 379. The summed E-state index contributed by atoms with van der Waals surface area (Å²) in [5.74, 6) is 0. The first kappa shape index (κ1) is 13.0. The quantitative estimate of drug-likeness (QED) is 0.883. The monoisotopic (exact) mass is 252 g/mol. The van der Waals surface area contributed by atoms with E-state index in [2.05, 4.69) is 38.4 Å². The molecule has 2 nitrogen and oxygen atoms in total. The molecule has 0 aromatic carbocycles. The van der Waals surface area contributed by atoms with E-state index in [-0.39, 0.29) is 5.54 Å². The van der Waals surface area contributed by atoms with Gasteiger partial charge in [0.15, 0.2) is 0 Å². The number of aromatic nitrogens is 1. The third kappa shape index (κ3) is 2.15. The highest BCUT2D eigenvalue weighted by molar-refractivity contribution is 7.09. The Kier molecular flexibility index (Phi) is 3.60. The molecule has 0 radical (unpaired) electrons.